The lowest BCUT2D eigenvalue weighted by atomic mass is 10.1. The van der Waals surface area contributed by atoms with Gasteiger partial charge in [-0.05, 0) is 63.8 Å². The summed E-state index contributed by atoms with van der Waals surface area (Å²) >= 11 is 0. The first-order chi connectivity index (χ1) is 13.7. The number of benzene rings is 1. The van der Waals surface area contributed by atoms with Gasteiger partial charge in [-0.25, -0.2) is 4.79 Å². The van der Waals surface area contributed by atoms with Gasteiger partial charge in [-0.3, -0.25) is 4.79 Å². The van der Waals surface area contributed by atoms with Gasteiger partial charge in [0.25, 0.3) is 0 Å². The van der Waals surface area contributed by atoms with Crippen LogP contribution in [0, 0.1) is 5.92 Å². The van der Waals surface area contributed by atoms with Crippen LogP contribution in [0.25, 0.3) is 0 Å². The lowest BCUT2D eigenvalue weighted by Crippen LogP contribution is -2.46. The molecule has 1 fully saturated rings. The first kappa shape index (κ1) is 23.0. The summed E-state index contributed by atoms with van der Waals surface area (Å²) in [6, 6.07) is 6.13. The third kappa shape index (κ3) is 6.38. The Hall–Kier alpha value is -2.24. The number of hydrogen-bond donors (Lipinski definition) is 2. The van der Waals surface area contributed by atoms with Crippen LogP contribution in [0.2, 0.25) is 0 Å². The van der Waals surface area contributed by atoms with Crippen molar-refractivity contribution in [3.05, 3.63) is 23.8 Å². The summed E-state index contributed by atoms with van der Waals surface area (Å²) in [5, 5.41) is 6.11. The van der Waals surface area contributed by atoms with Crippen LogP contribution in [0.4, 0.5) is 16.2 Å². The molecule has 0 spiro atoms. The highest BCUT2D eigenvalue weighted by Gasteiger charge is 2.24. The summed E-state index contributed by atoms with van der Waals surface area (Å²) in [5.41, 5.74) is 2.88. The summed E-state index contributed by atoms with van der Waals surface area (Å²) in [5.74, 6) is 0.239. The molecular formula is C23H38N4O2. The molecule has 2 rings (SSSR count). The van der Waals surface area contributed by atoms with E-state index in [4.69, 9.17) is 0 Å². The second-order valence-electron chi connectivity index (χ2n) is 8.70. The lowest BCUT2D eigenvalue weighted by molar-refractivity contribution is -0.119. The molecule has 2 N–H and O–H groups in total. The molecule has 1 unspecified atom stereocenters. The minimum Gasteiger partial charge on any atom is -0.377 e. The normalized spacial score (nSPS) is 15.3. The van der Waals surface area contributed by atoms with E-state index in [0.29, 0.717) is 6.54 Å². The second-order valence-corrected chi connectivity index (χ2v) is 8.70. The predicted molar refractivity (Wildman–Crippen MR) is 120 cm³/mol. The van der Waals surface area contributed by atoms with Crippen LogP contribution in [0.3, 0.4) is 0 Å². The van der Waals surface area contributed by atoms with Crippen LogP contribution < -0.4 is 15.5 Å². The van der Waals surface area contributed by atoms with Gasteiger partial charge in [0.15, 0.2) is 0 Å². The maximum atomic E-state index is 12.8. The van der Waals surface area contributed by atoms with Crippen molar-refractivity contribution in [2.45, 2.75) is 78.4 Å². The number of amides is 3. The van der Waals surface area contributed by atoms with E-state index in [-0.39, 0.29) is 29.9 Å². The molecule has 162 valence electrons. The van der Waals surface area contributed by atoms with Gasteiger partial charge in [0.1, 0.15) is 0 Å². The SMILES string of the molecule is CCC(C)N(Cc1cc(NC(=O)C2CCCC2)ccc1N(C)C)C(=O)NC(C)C. The van der Waals surface area contributed by atoms with Gasteiger partial charge in [-0.2, -0.15) is 0 Å². The van der Waals surface area contributed by atoms with Gasteiger partial charge in [0.05, 0.1) is 0 Å². The van der Waals surface area contributed by atoms with E-state index in [0.717, 1.165) is 49.0 Å². The molecule has 6 heteroatoms. The van der Waals surface area contributed by atoms with Crippen molar-refractivity contribution in [1.82, 2.24) is 10.2 Å². The van der Waals surface area contributed by atoms with Crippen LogP contribution in [0.15, 0.2) is 18.2 Å². The molecule has 0 heterocycles. The minimum atomic E-state index is -0.0561. The first-order valence-corrected chi connectivity index (χ1v) is 10.9. The standard InChI is InChI=1S/C23H38N4O2/c1-7-17(4)27(23(29)24-16(2)3)15-19-14-20(12-13-21(19)26(5)6)25-22(28)18-10-8-9-11-18/h12-14,16-18H,7-11,15H2,1-6H3,(H,24,29)(H,25,28). The maximum Gasteiger partial charge on any atom is 0.318 e. The summed E-state index contributed by atoms with van der Waals surface area (Å²) < 4.78 is 0. The van der Waals surface area contributed by atoms with Gasteiger partial charge in [-0.1, -0.05) is 19.8 Å². The van der Waals surface area contributed by atoms with Gasteiger partial charge in [-0.15, -0.1) is 0 Å². The Morgan fingerprint density at radius 1 is 1.14 bits per heavy atom. The Morgan fingerprint density at radius 2 is 1.79 bits per heavy atom. The minimum absolute atomic E-state index is 0.0561. The number of anilines is 2. The molecule has 0 aromatic heterocycles. The summed E-state index contributed by atoms with van der Waals surface area (Å²) in [6.07, 6.45) is 5.10. The number of hydrogen-bond acceptors (Lipinski definition) is 3. The molecule has 3 amide bonds. The fourth-order valence-electron chi connectivity index (χ4n) is 3.82. The molecule has 1 aliphatic rings. The maximum absolute atomic E-state index is 12.8. The van der Waals surface area contributed by atoms with Crippen molar-refractivity contribution in [2.75, 3.05) is 24.3 Å². The van der Waals surface area contributed by atoms with Crippen molar-refractivity contribution in [1.29, 1.82) is 0 Å². The Kier molecular flexibility index (Phi) is 8.35. The Bertz CT molecular complexity index is 696. The van der Waals surface area contributed by atoms with Gasteiger partial charge < -0.3 is 20.4 Å². The summed E-state index contributed by atoms with van der Waals surface area (Å²) in [4.78, 5) is 29.3. The number of carbonyl (C=O) groups is 2. The van der Waals surface area contributed by atoms with Gasteiger partial charge in [0.2, 0.25) is 5.91 Å². The predicted octanol–water partition coefficient (Wildman–Crippen LogP) is 4.60. The van der Waals surface area contributed by atoms with Crippen molar-refractivity contribution in [3.63, 3.8) is 0 Å². The molecule has 1 saturated carbocycles. The monoisotopic (exact) mass is 402 g/mol. The van der Waals surface area contributed by atoms with E-state index in [1.165, 1.54) is 0 Å². The molecule has 0 bridgehead atoms. The Balaban J connectivity index is 2.26. The van der Waals surface area contributed by atoms with E-state index in [2.05, 4.69) is 24.5 Å². The van der Waals surface area contributed by atoms with Crippen LogP contribution in [0.1, 0.15) is 65.4 Å². The quantitative estimate of drug-likeness (QED) is 0.668. The van der Waals surface area contributed by atoms with Crippen molar-refractivity contribution < 1.29 is 9.59 Å². The molecule has 1 aromatic carbocycles. The zero-order valence-corrected chi connectivity index (χ0v) is 18.9. The molecule has 1 atom stereocenters. The van der Waals surface area contributed by atoms with Crippen molar-refractivity contribution in [2.24, 2.45) is 5.92 Å². The zero-order valence-electron chi connectivity index (χ0n) is 18.9. The molecule has 1 aliphatic carbocycles. The second kappa shape index (κ2) is 10.5. The van der Waals surface area contributed by atoms with Gasteiger partial charge in [0, 0.05) is 50.0 Å². The van der Waals surface area contributed by atoms with Crippen LogP contribution in [-0.2, 0) is 11.3 Å². The van der Waals surface area contributed by atoms with Gasteiger partial charge >= 0.3 is 6.03 Å². The average Bonchev–Trinajstić information content (AvgIpc) is 3.19. The highest BCUT2D eigenvalue weighted by atomic mass is 16.2. The summed E-state index contributed by atoms with van der Waals surface area (Å²) in [7, 11) is 3.99. The molecular weight excluding hydrogens is 364 g/mol. The Labute approximate surface area is 176 Å². The molecule has 0 radical (unpaired) electrons. The fourth-order valence-corrected chi connectivity index (χ4v) is 3.82. The lowest BCUT2D eigenvalue weighted by Gasteiger charge is -2.31. The highest BCUT2D eigenvalue weighted by molar-refractivity contribution is 5.93. The van der Waals surface area contributed by atoms with Crippen LogP contribution >= 0.6 is 0 Å². The zero-order chi connectivity index (χ0) is 21.6. The fraction of sp³-hybridized carbons (Fsp3) is 0.652. The number of rotatable bonds is 8. The number of carbonyl (C=O) groups excluding carboxylic acids is 2. The number of urea groups is 1. The first-order valence-electron chi connectivity index (χ1n) is 10.9. The van der Waals surface area contributed by atoms with Crippen molar-refractivity contribution in [3.8, 4) is 0 Å². The third-order valence-electron chi connectivity index (χ3n) is 5.69. The van der Waals surface area contributed by atoms with E-state index in [9.17, 15) is 9.59 Å². The van der Waals surface area contributed by atoms with E-state index < -0.39 is 0 Å². The largest absolute Gasteiger partial charge is 0.377 e. The molecule has 0 aliphatic heterocycles. The highest BCUT2D eigenvalue weighted by Crippen LogP contribution is 2.28. The van der Waals surface area contributed by atoms with E-state index in [1.807, 2.05) is 55.9 Å². The third-order valence-corrected chi connectivity index (χ3v) is 5.69. The van der Waals surface area contributed by atoms with E-state index in [1.54, 1.807) is 0 Å². The average molecular weight is 403 g/mol. The molecule has 1 aromatic rings. The van der Waals surface area contributed by atoms with Crippen molar-refractivity contribution >= 4 is 23.3 Å². The number of nitrogens with zero attached hydrogens (tertiary/aromatic N) is 2. The topological polar surface area (TPSA) is 64.7 Å². The molecule has 6 nitrogen and oxygen atoms in total. The summed E-state index contributed by atoms with van der Waals surface area (Å²) in [6.45, 7) is 8.59. The smallest absolute Gasteiger partial charge is 0.318 e. The molecule has 0 saturated heterocycles. The van der Waals surface area contributed by atoms with E-state index >= 15 is 0 Å². The van der Waals surface area contributed by atoms with Crippen LogP contribution in [-0.4, -0.2) is 43.0 Å². The Morgan fingerprint density at radius 3 is 2.34 bits per heavy atom. The molecule has 29 heavy (non-hydrogen) atoms. The van der Waals surface area contributed by atoms with Crippen LogP contribution in [0.5, 0.6) is 0 Å². The number of nitrogens with one attached hydrogen (secondary N) is 2.